The average Bonchev–Trinajstić information content (AvgIpc) is 2.77. The monoisotopic (exact) mass is 396 g/mol. The van der Waals surface area contributed by atoms with E-state index in [1.807, 2.05) is 42.5 Å². The SMILES string of the molecule is NC(=O)[C@@H]1CCCN(C(=O)COC(=O)COc2ccc(-c3ccccc3)cc2)C1. The molecule has 1 fully saturated rings. The molecule has 1 atom stereocenters. The maximum Gasteiger partial charge on any atom is 0.344 e. The first-order valence-electron chi connectivity index (χ1n) is 9.54. The van der Waals surface area contributed by atoms with Gasteiger partial charge in [-0.2, -0.15) is 0 Å². The Hall–Kier alpha value is -3.35. The van der Waals surface area contributed by atoms with Gasteiger partial charge < -0.3 is 20.1 Å². The van der Waals surface area contributed by atoms with Crippen molar-refractivity contribution in [1.29, 1.82) is 0 Å². The lowest BCUT2D eigenvalue weighted by Crippen LogP contribution is -2.45. The number of amides is 2. The predicted octanol–water partition coefficient (Wildman–Crippen LogP) is 2.00. The number of carbonyl (C=O) groups is 3. The van der Waals surface area contributed by atoms with Crippen molar-refractivity contribution >= 4 is 17.8 Å². The summed E-state index contributed by atoms with van der Waals surface area (Å²) >= 11 is 0. The van der Waals surface area contributed by atoms with Crippen molar-refractivity contribution in [1.82, 2.24) is 4.90 Å². The first kappa shape index (κ1) is 20.4. The summed E-state index contributed by atoms with van der Waals surface area (Å²) in [6.07, 6.45) is 1.38. The third-order valence-electron chi connectivity index (χ3n) is 4.85. The van der Waals surface area contributed by atoms with Gasteiger partial charge in [-0.25, -0.2) is 4.79 Å². The maximum atomic E-state index is 12.2. The molecule has 0 aromatic heterocycles. The maximum absolute atomic E-state index is 12.2. The number of benzene rings is 2. The lowest BCUT2D eigenvalue weighted by atomic mass is 9.97. The van der Waals surface area contributed by atoms with Crippen molar-refractivity contribution in [3.63, 3.8) is 0 Å². The molecule has 1 aliphatic heterocycles. The van der Waals surface area contributed by atoms with Gasteiger partial charge in [-0.05, 0) is 36.1 Å². The quantitative estimate of drug-likeness (QED) is 0.722. The van der Waals surface area contributed by atoms with Gasteiger partial charge in [-0.15, -0.1) is 0 Å². The van der Waals surface area contributed by atoms with E-state index in [0.717, 1.165) is 11.1 Å². The van der Waals surface area contributed by atoms with Crippen LogP contribution in [0.1, 0.15) is 12.8 Å². The van der Waals surface area contributed by atoms with Crippen LogP contribution in [0.3, 0.4) is 0 Å². The van der Waals surface area contributed by atoms with E-state index < -0.39 is 11.9 Å². The van der Waals surface area contributed by atoms with Gasteiger partial charge in [0.2, 0.25) is 5.91 Å². The van der Waals surface area contributed by atoms with E-state index in [-0.39, 0.29) is 31.6 Å². The van der Waals surface area contributed by atoms with Crippen LogP contribution in [0.2, 0.25) is 0 Å². The van der Waals surface area contributed by atoms with Crippen LogP contribution in [-0.2, 0) is 19.1 Å². The van der Waals surface area contributed by atoms with E-state index in [1.54, 1.807) is 12.1 Å². The third-order valence-corrected chi connectivity index (χ3v) is 4.85. The molecule has 29 heavy (non-hydrogen) atoms. The fourth-order valence-electron chi connectivity index (χ4n) is 3.23. The topological polar surface area (TPSA) is 98.9 Å². The molecule has 2 amide bonds. The minimum Gasteiger partial charge on any atom is -0.482 e. The average molecular weight is 396 g/mol. The summed E-state index contributed by atoms with van der Waals surface area (Å²) in [5, 5.41) is 0. The van der Waals surface area contributed by atoms with Gasteiger partial charge in [0.1, 0.15) is 5.75 Å². The molecule has 0 aliphatic carbocycles. The Bertz CT molecular complexity index is 851. The van der Waals surface area contributed by atoms with Gasteiger partial charge in [-0.3, -0.25) is 9.59 Å². The van der Waals surface area contributed by atoms with Gasteiger partial charge in [0.15, 0.2) is 13.2 Å². The molecule has 3 rings (SSSR count). The highest BCUT2D eigenvalue weighted by atomic mass is 16.6. The summed E-state index contributed by atoms with van der Waals surface area (Å²) in [6.45, 7) is 0.142. The van der Waals surface area contributed by atoms with E-state index in [2.05, 4.69) is 0 Å². The lowest BCUT2D eigenvalue weighted by molar-refractivity contribution is -0.154. The minimum absolute atomic E-state index is 0.274. The van der Waals surface area contributed by atoms with Gasteiger partial charge in [0.25, 0.3) is 5.91 Å². The minimum atomic E-state index is -0.631. The number of rotatable bonds is 7. The summed E-state index contributed by atoms with van der Waals surface area (Å²) in [4.78, 5) is 36.8. The summed E-state index contributed by atoms with van der Waals surface area (Å²) in [6, 6.07) is 17.3. The van der Waals surface area contributed by atoms with E-state index in [1.165, 1.54) is 4.90 Å². The summed E-state index contributed by atoms with van der Waals surface area (Å²) in [5.74, 6) is -1.18. The van der Waals surface area contributed by atoms with Crippen LogP contribution >= 0.6 is 0 Å². The molecule has 1 heterocycles. The van der Waals surface area contributed by atoms with Gasteiger partial charge in [0.05, 0.1) is 5.92 Å². The molecule has 0 unspecified atom stereocenters. The van der Waals surface area contributed by atoms with Crippen LogP contribution in [0.15, 0.2) is 54.6 Å². The van der Waals surface area contributed by atoms with Gasteiger partial charge >= 0.3 is 5.97 Å². The predicted molar refractivity (Wildman–Crippen MR) is 107 cm³/mol. The smallest absolute Gasteiger partial charge is 0.344 e. The molecule has 0 saturated carbocycles. The highest BCUT2D eigenvalue weighted by Crippen LogP contribution is 2.22. The largest absolute Gasteiger partial charge is 0.482 e. The van der Waals surface area contributed by atoms with Crippen molar-refractivity contribution in [2.45, 2.75) is 12.8 Å². The third kappa shape index (κ3) is 5.81. The number of esters is 1. The normalized spacial score (nSPS) is 16.1. The Kier molecular flexibility index (Phi) is 6.84. The summed E-state index contributed by atoms with van der Waals surface area (Å²) < 4.78 is 10.4. The second-order valence-corrected chi connectivity index (χ2v) is 6.92. The first-order chi connectivity index (χ1) is 14.0. The van der Waals surface area contributed by atoms with Crippen LogP contribution in [-0.4, -0.2) is 49.0 Å². The number of hydrogen-bond acceptors (Lipinski definition) is 5. The summed E-state index contributed by atoms with van der Waals surface area (Å²) in [7, 11) is 0. The number of carbonyl (C=O) groups excluding carboxylic acids is 3. The molecule has 0 radical (unpaired) electrons. The number of likely N-dealkylation sites (tertiary alicyclic amines) is 1. The fraction of sp³-hybridized carbons (Fsp3) is 0.318. The molecule has 2 N–H and O–H groups in total. The molecule has 7 heteroatoms. The summed E-state index contributed by atoms with van der Waals surface area (Å²) in [5.41, 5.74) is 7.44. The Labute approximate surface area is 169 Å². The molecule has 7 nitrogen and oxygen atoms in total. The molecule has 2 aromatic rings. The van der Waals surface area contributed by atoms with E-state index in [0.29, 0.717) is 25.1 Å². The van der Waals surface area contributed by atoms with Crippen molar-refractivity contribution in [3.8, 4) is 16.9 Å². The Morgan fingerprint density at radius 1 is 0.966 bits per heavy atom. The molecular formula is C22H24N2O5. The number of piperidine rings is 1. The van der Waals surface area contributed by atoms with Crippen LogP contribution in [0, 0.1) is 5.92 Å². The fourth-order valence-corrected chi connectivity index (χ4v) is 3.23. The molecule has 152 valence electrons. The Balaban J connectivity index is 1.42. The molecule has 0 bridgehead atoms. The molecular weight excluding hydrogens is 372 g/mol. The number of ether oxygens (including phenoxy) is 2. The first-order valence-corrected chi connectivity index (χ1v) is 9.54. The van der Waals surface area contributed by atoms with Crippen molar-refractivity contribution in [2.75, 3.05) is 26.3 Å². The standard InChI is InChI=1S/C22H24N2O5/c23-22(27)18-7-4-12-24(13-18)20(25)14-29-21(26)15-28-19-10-8-17(9-11-19)16-5-2-1-3-6-16/h1-3,5-6,8-11,18H,4,7,12-15H2,(H2,23,27)/t18-/m1/s1. The Morgan fingerprint density at radius 3 is 2.34 bits per heavy atom. The van der Waals surface area contributed by atoms with Crippen LogP contribution in [0.4, 0.5) is 0 Å². The lowest BCUT2D eigenvalue weighted by Gasteiger charge is -2.31. The molecule has 0 spiro atoms. The van der Waals surface area contributed by atoms with Crippen LogP contribution in [0.5, 0.6) is 5.75 Å². The zero-order valence-electron chi connectivity index (χ0n) is 16.1. The second kappa shape index (κ2) is 9.73. The Morgan fingerprint density at radius 2 is 1.66 bits per heavy atom. The van der Waals surface area contributed by atoms with Crippen LogP contribution < -0.4 is 10.5 Å². The highest BCUT2D eigenvalue weighted by molar-refractivity contribution is 5.82. The number of nitrogens with two attached hydrogens (primary N) is 1. The van der Waals surface area contributed by atoms with Crippen molar-refractivity contribution < 1.29 is 23.9 Å². The number of hydrogen-bond donors (Lipinski definition) is 1. The highest BCUT2D eigenvalue weighted by Gasteiger charge is 2.27. The van der Waals surface area contributed by atoms with Gasteiger partial charge in [-0.1, -0.05) is 42.5 Å². The molecule has 1 aliphatic rings. The van der Waals surface area contributed by atoms with E-state index >= 15 is 0 Å². The van der Waals surface area contributed by atoms with E-state index in [9.17, 15) is 14.4 Å². The molecule has 2 aromatic carbocycles. The second-order valence-electron chi connectivity index (χ2n) is 6.92. The molecule has 1 saturated heterocycles. The van der Waals surface area contributed by atoms with Crippen molar-refractivity contribution in [3.05, 3.63) is 54.6 Å². The van der Waals surface area contributed by atoms with Crippen LogP contribution in [0.25, 0.3) is 11.1 Å². The van der Waals surface area contributed by atoms with Gasteiger partial charge in [0, 0.05) is 13.1 Å². The number of nitrogens with zero attached hydrogens (tertiary/aromatic N) is 1. The zero-order chi connectivity index (χ0) is 20.6. The number of primary amides is 1. The zero-order valence-corrected chi connectivity index (χ0v) is 16.1. The van der Waals surface area contributed by atoms with Crippen molar-refractivity contribution in [2.24, 2.45) is 11.7 Å². The van der Waals surface area contributed by atoms with E-state index in [4.69, 9.17) is 15.2 Å².